The molecule has 0 saturated carbocycles. The third-order valence-electron chi connectivity index (χ3n) is 2.77. The van der Waals surface area contributed by atoms with E-state index in [2.05, 4.69) is 31.2 Å². The lowest BCUT2D eigenvalue weighted by molar-refractivity contribution is 0.416. The Hall–Kier alpha value is -1.33. The van der Waals surface area contributed by atoms with Crippen molar-refractivity contribution in [2.24, 2.45) is 0 Å². The first-order valence-corrected chi connectivity index (χ1v) is 7.35. The van der Waals surface area contributed by atoms with Gasteiger partial charge in [-0.3, -0.25) is 0 Å². The van der Waals surface area contributed by atoms with Crippen LogP contribution in [0.25, 0.3) is 11.4 Å². The van der Waals surface area contributed by atoms with Crippen LogP contribution in [0.15, 0.2) is 22.7 Å². The summed E-state index contributed by atoms with van der Waals surface area (Å²) in [5, 5.41) is 3.83. The van der Waals surface area contributed by atoms with Gasteiger partial charge in [-0.15, -0.1) is 0 Å². The van der Waals surface area contributed by atoms with Crippen LogP contribution in [-0.4, -0.2) is 23.6 Å². The lowest BCUT2D eigenvalue weighted by Gasteiger charge is -2.12. The molecule has 2 aromatic rings. The molecule has 0 spiro atoms. The highest BCUT2D eigenvalue weighted by Gasteiger charge is 2.14. The van der Waals surface area contributed by atoms with Gasteiger partial charge in [0.1, 0.15) is 11.6 Å². The number of nitrogens with zero attached hydrogens (tertiary/aromatic N) is 2. The molecule has 0 amide bonds. The van der Waals surface area contributed by atoms with Gasteiger partial charge < -0.3 is 10.1 Å². The average molecular weight is 357 g/mol. The van der Waals surface area contributed by atoms with Gasteiger partial charge >= 0.3 is 0 Å². The van der Waals surface area contributed by atoms with E-state index in [9.17, 15) is 0 Å². The van der Waals surface area contributed by atoms with Gasteiger partial charge in [0.2, 0.25) is 0 Å². The summed E-state index contributed by atoms with van der Waals surface area (Å²) in [5.41, 5.74) is 1.68. The Morgan fingerprint density at radius 1 is 1.35 bits per heavy atom. The van der Waals surface area contributed by atoms with Crippen LogP contribution in [0.2, 0.25) is 5.02 Å². The molecule has 1 aromatic carbocycles. The van der Waals surface area contributed by atoms with E-state index >= 15 is 0 Å². The molecular weight excluding hydrogens is 342 g/mol. The minimum atomic E-state index is 0.607. The minimum absolute atomic E-state index is 0.607. The number of benzene rings is 1. The summed E-state index contributed by atoms with van der Waals surface area (Å²) >= 11 is 9.48. The van der Waals surface area contributed by atoms with Gasteiger partial charge in [0.15, 0.2) is 5.82 Å². The molecule has 0 atom stereocenters. The van der Waals surface area contributed by atoms with Gasteiger partial charge in [0.25, 0.3) is 0 Å². The highest BCUT2D eigenvalue weighted by atomic mass is 79.9. The van der Waals surface area contributed by atoms with Crippen molar-refractivity contribution in [1.82, 2.24) is 9.97 Å². The van der Waals surface area contributed by atoms with Crippen molar-refractivity contribution in [3.8, 4) is 17.1 Å². The van der Waals surface area contributed by atoms with Crippen molar-refractivity contribution in [2.45, 2.75) is 13.8 Å². The summed E-state index contributed by atoms with van der Waals surface area (Å²) in [5.74, 6) is 2.03. The van der Waals surface area contributed by atoms with Gasteiger partial charge in [0, 0.05) is 11.6 Å². The second-order valence-electron chi connectivity index (χ2n) is 4.17. The summed E-state index contributed by atoms with van der Waals surface area (Å²) in [6, 6.07) is 5.41. The lowest BCUT2D eigenvalue weighted by Crippen LogP contribution is -2.05. The third kappa shape index (κ3) is 3.04. The number of anilines is 1. The molecule has 1 N–H and O–H groups in total. The number of nitrogens with one attached hydrogen (secondary N) is 1. The summed E-state index contributed by atoms with van der Waals surface area (Å²) in [6.07, 6.45) is 0. The summed E-state index contributed by atoms with van der Waals surface area (Å²) in [4.78, 5) is 9.04. The first kappa shape index (κ1) is 15.1. The SMILES string of the molecule is CCNc1nc(-c2ccc(Cl)cc2OC)nc(C)c1Br. The molecule has 2 rings (SSSR count). The molecule has 0 saturated heterocycles. The fraction of sp³-hybridized carbons (Fsp3) is 0.286. The molecule has 106 valence electrons. The largest absolute Gasteiger partial charge is 0.496 e. The fourth-order valence-corrected chi connectivity index (χ4v) is 2.29. The van der Waals surface area contributed by atoms with Crippen molar-refractivity contribution in [3.63, 3.8) is 0 Å². The predicted octanol–water partition coefficient (Wildman–Crippen LogP) is 4.31. The van der Waals surface area contributed by atoms with Crippen LogP contribution >= 0.6 is 27.5 Å². The second kappa shape index (κ2) is 6.41. The maximum Gasteiger partial charge on any atom is 0.165 e. The van der Waals surface area contributed by atoms with Crippen LogP contribution < -0.4 is 10.1 Å². The van der Waals surface area contributed by atoms with E-state index in [1.165, 1.54) is 0 Å². The molecule has 0 fully saturated rings. The van der Waals surface area contributed by atoms with E-state index in [0.717, 1.165) is 28.1 Å². The molecule has 0 aliphatic rings. The number of methoxy groups -OCH3 is 1. The molecule has 1 aromatic heterocycles. The molecule has 0 aliphatic heterocycles. The molecule has 20 heavy (non-hydrogen) atoms. The van der Waals surface area contributed by atoms with Crippen molar-refractivity contribution < 1.29 is 4.74 Å². The van der Waals surface area contributed by atoms with Crippen LogP contribution in [0.3, 0.4) is 0 Å². The third-order valence-corrected chi connectivity index (χ3v) is 3.95. The monoisotopic (exact) mass is 355 g/mol. The molecular formula is C14H15BrClN3O. The number of halogens is 2. The molecule has 0 bridgehead atoms. The Morgan fingerprint density at radius 3 is 2.75 bits per heavy atom. The number of aryl methyl sites for hydroxylation is 1. The maximum absolute atomic E-state index is 5.98. The molecule has 0 unspecified atom stereocenters. The van der Waals surface area contributed by atoms with E-state index in [0.29, 0.717) is 16.6 Å². The minimum Gasteiger partial charge on any atom is -0.496 e. The van der Waals surface area contributed by atoms with Gasteiger partial charge in [-0.05, 0) is 48.0 Å². The van der Waals surface area contributed by atoms with Gasteiger partial charge in [-0.1, -0.05) is 11.6 Å². The van der Waals surface area contributed by atoms with E-state index in [-0.39, 0.29) is 0 Å². The zero-order valence-electron chi connectivity index (χ0n) is 11.5. The van der Waals surface area contributed by atoms with Gasteiger partial charge in [-0.25, -0.2) is 9.97 Å². The summed E-state index contributed by atoms with van der Waals surface area (Å²) in [7, 11) is 1.60. The number of ether oxygens (including phenoxy) is 1. The smallest absolute Gasteiger partial charge is 0.165 e. The Labute approximate surface area is 131 Å². The molecule has 4 nitrogen and oxygen atoms in total. The Morgan fingerprint density at radius 2 is 2.10 bits per heavy atom. The zero-order valence-corrected chi connectivity index (χ0v) is 13.8. The van der Waals surface area contributed by atoms with Gasteiger partial charge in [0.05, 0.1) is 22.8 Å². The van der Waals surface area contributed by atoms with Crippen LogP contribution in [0, 0.1) is 6.92 Å². The van der Waals surface area contributed by atoms with Crippen LogP contribution in [0.4, 0.5) is 5.82 Å². The first-order valence-electron chi connectivity index (χ1n) is 6.18. The molecule has 0 aliphatic carbocycles. The fourth-order valence-electron chi connectivity index (χ4n) is 1.81. The van der Waals surface area contributed by atoms with Crippen molar-refractivity contribution in [2.75, 3.05) is 19.0 Å². The van der Waals surface area contributed by atoms with Crippen molar-refractivity contribution >= 4 is 33.3 Å². The molecule has 6 heteroatoms. The van der Waals surface area contributed by atoms with E-state index < -0.39 is 0 Å². The maximum atomic E-state index is 5.98. The Balaban J connectivity index is 2.58. The zero-order chi connectivity index (χ0) is 14.7. The van der Waals surface area contributed by atoms with Crippen molar-refractivity contribution in [1.29, 1.82) is 0 Å². The highest BCUT2D eigenvalue weighted by molar-refractivity contribution is 9.10. The summed E-state index contributed by atoms with van der Waals surface area (Å²) < 4.78 is 6.23. The normalized spacial score (nSPS) is 10.4. The number of hydrogen-bond donors (Lipinski definition) is 1. The van der Waals surface area contributed by atoms with E-state index in [1.807, 2.05) is 19.9 Å². The molecule has 1 heterocycles. The predicted molar refractivity (Wildman–Crippen MR) is 85.6 cm³/mol. The lowest BCUT2D eigenvalue weighted by atomic mass is 10.2. The first-order chi connectivity index (χ1) is 9.56. The highest BCUT2D eigenvalue weighted by Crippen LogP contribution is 2.33. The van der Waals surface area contributed by atoms with Crippen LogP contribution in [0.1, 0.15) is 12.6 Å². The summed E-state index contributed by atoms with van der Waals surface area (Å²) in [6.45, 7) is 4.73. The standard InChI is InChI=1S/C14H15BrClN3O/c1-4-17-14-12(15)8(2)18-13(19-14)10-6-5-9(16)7-11(10)20-3/h5-7H,4H2,1-3H3,(H,17,18,19). The number of hydrogen-bond acceptors (Lipinski definition) is 4. The number of rotatable bonds is 4. The van der Waals surface area contributed by atoms with Crippen molar-refractivity contribution in [3.05, 3.63) is 33.4 Å². The Bertz CT molecular complexity index is 634. The van der Waals surface area contributed by atoms with Gasteiger partial charge in [-0.2, -0.15) is 0 Å². The quantitative estimate of drug-likeness (QED) is 0.887. The van der Waals surface area contributed by atoms with Crippen LogP contribution in [-0.2, 0) is 0 Å². The average Bonchev–Trinajstić information content (AvgIpc) is 2.43. The molecule has 0 radical (unpaired) electrons. The number of aromatic nitrogens is 2. The topological polar surface area (TPSA) is 47.0 Å². The second-order valence-corrected chi connectivity index (χ2v) is 5.40. The van der Waals surface area contributed by atoms with Crippen LogP contribution in [0.5, 0.6) is 5.75 Å². The van der Waals surface area contributed by atoms with E-state index in [1.54, 1.807) is 19.2 Å². The van der Waals surface area contributed by atoms with E-state index in [4.69, 9.17) is 16.3 Å². The Kier molecular flexibility index (Phi) is 4.83.